The van der Waals surface area contributed by atoms with E-state index in [4.69, 9.17) is 22.7 Å². The average Bonchev–Trinajstić information content (AvgIpc) is 2.72. The average molecular weight is 428 g/mol. The van der Waals surface area contributed by atoms with Crippen molar-refractivity contribution in [2.45, 2.75) is 32.1 Å². The second kappa shape index (κ2) is 12.3. The van der Waals surface area contributed by atoms with Crippen molar-refractivity contribution in [1.82, 2.24) is 5.32 Å². The van der Waals surface area contributed by atoms with Crippen LogP contribution in [0.15, 0.2) is 54.6 Å². The predicted molar refractivity (Wildman–Crippen MR) is 119 cm³/mol. The van der Waals surface area contributed by atoms with Gasteiger partial charge in [-0.15, -0.1) is 0 Å². The standard InChI is InChI=1S/C22H25N3O4S/c23-21(28)17-11-13-18(14-12-17)24-22(30)25-19(26)9-4-10-20(27)29-15-5-8-16-6-2-1-3-7-16/h1-3,6-7,11-14H,4-5,8-10,15H2,(H2,23,28)(H2,24,25,26,30). The first-order valence-corrected chi connectivity index (χ1v) is 10.0. The maximum atomic E-state index is 11.9. The zero-order valence-electron chi connectivity index (χ0n) is 16.6. The van der Waals surface area contributed by atoms with Gasteiger partial charge in [-0.1, -0.05) is 30.3 Å². The van der Waals surface area contributed by atoms with Crippen LogP contribution in [0.4, 0.5) is 5.69 Å². The number of benzene rings is 2. The molecule has 2 aromatic carbocycles. The maximum absolute atomic E-state index is 11.9. The Hall–Kier alpha value is -3.26. The lowest BCUT2D eigenvalue weighted by Gasteiger charge is -2.10. The highest BCUT2D eigenvalue weighted by atomic mass is 32.1. The minimum absolute atomic E-state index is 0.135. The lowest BCUT2D eigenvalue weighted by molar-refractivity contribution is -0.143. The van der Waals surface area contributed by atoms with Crippen LogP contribution >= 0.6 is 12.2 Å². The summed E-state index contributed by atoms with van der Waals surface area (Å²) in [6.07, 6.45) is 2.32. The molecule has 0 bridgehead atoms. The number of anilines is 1. The predicted octanol–water partition coefficient (Wildman–Crippen LogP) is 2.94. The van der Waals surface area contributed by atoms with Crippen molar-refractivity contribution in [3.8, 4) is 0 Å². The summed E-state index contributed by atoms with van der Waals surface area (Å²) in [5.41, 5.74) is 7.38. The van der Waals surface area contributed by atoms with Crippen molar-refractivity contribution >= 4 is 40.8 Å². The van der Waals surface area contributed by atoms with Gasteiger partial charge >= 0.3 is 5.97 Å². The number of carbonyl (C=O) groups is 3. The lowest BCUT2D eigenvalue weighted by Crippen LogP contribution is -2.34. The van der Waals surface area contributed by atoms with E-state index in [1.807, 2.05) is 30.3 Å². The van der Waals surface area contributed by atoms with Crippen LogP contribution in [0.2, 0.25) is 0 Å². The van der Waals surface area contributed by atoms with Crippen LogP contribution in [-0.2, 0) is 20.7 Å². The van der Waals surface area contributed by atoms with Crippen molar-refractivity contribution in [3.05, 3.63) is 65.7 Å². The highest BCUT2D eigenvalue weighted by molar-refractivity contribution is 7.80. The Labute approximate surface area is 181 Å². The lowest BCUT2D eigenvalue weighted by atomic mass is 10.1. The minimum Gasteiger partial charge on any atom is -0.466 e. The second-order valence-corrected chi connectivity index (χ2v) is 7.02. The molecule has 0 aromatic heterocycles. The van der Waals surface area contributed by atoms with E-state index in [1.165, 1.54) is 5.56 Å². The van der Waals surface area contributed by atoms with E-state index in [0.717, 1.165) is 12.8 Å². The summed E-state index contributed by atoms with van der Waals surface area (Å²) < 4.78 is 5.19. The van der Waals surface area contributed by atoms with Crippen molar-refractivity contribution in [2.75, 3.05) is 11.9 Å². The second-order valence-electron chi connectivity index (χ2n) is 6.61. The first kappa shape index (κ1) is 23.0. The number of primary amides is 1. The number of ether oxygens (including phenoxy) is 1. The summed E-state index contributed by atoms with van der Waals surface area (Å²) in [7, 11) is 0. The summed E-state index contributed by atoms with van der Waals surface area (Å²) >= 11 is 5.08. The van der Waals surface area contributed by atoms with Gasteiger partial charge in [-0.25, -0.2) is 0 Å². The zero-order chi connectivity index (χ0) is 21.8. The minimum atomic E-state index is -0.521. The number of hydrogen-bond acceptors (Lipinski definition) is 5. The Morgan fingerprint density at radius 1 is 0.933 bits per heavy atom. The molecule has 2 amide bonds. The molecule has 0 heterocycles. The molecule has 2 aromatic rings. The number of nitrogens with one attached hydrogen (secondary N) is 2. The smallest absolute Gasteiger partial charge is 0.305 e. The molecule has 0 saturated carbocycles. The molecule has 158 valence electrons. The molecule has 2 rings (SSSR count). The number of esters is 1. The van der Waals surface area contributed by atoms with E-state index in [0.29, 0.717) is 24.3 Å². The largest absolute Gasteiger partial charge is 0.466 e. The summed E-state index contributed by atoms with van der Waals surface area (Å²) in [6, 6.07) is 16.4. The van der Waals surface area contributed by atoms with Crippen LogP contribution in [-0.4, -0.2) is 29.5 Å². The van der Waals surface area contributed by atoms with Gasteiger partial charge in [-0.3, -0.25) is 14.4 Å². The fourth-order valence-electron chi connectivity index (χ4n) is 2.64. The Morgan fingerprint density at radius 3 is 2.30 bits per heavy atom. The number of rotatable bonds is 10. The van der Waals surface area contributed by atoms with E-state index in [2.05, 4.69) is 10.6 Å². The molecule has 30 heavy (non-hydrogen) atoms. The molecule has 8 heteroatoms. The van der Waals surface area contributed by atoms with Crippen LogP contribution in [0.3, 0.4) is 0 Å². The van der Waals surface area contributed by atoms with Gasteiger partial charge in [0.25, 0.3) is 0 Å². The molecule has 0 fully saturated rings. The van der Waals surface area contributed by atoms with Crippen LogP contribution in [0.5, 0.6) is 0 Å². The van der Waals surface area contributed by atoms with E-state index < -0.39 is 5.91 Å². The van der Waals surface area contributed by atoms with E-state index in [-0.39, 0.29) is 29.8 Å². The van der Waals surface area contributed by atoms with Gasteiger partial charge in [0.15, 0.2) is 5.11 Å². The fourth-order valence-corrected chi connectivity index (χ4v) is 2.87. The normalized spacial score (nSPS) is 10.1. The van der Waals surface area contributed by atoms with Crippen LogP contribution in [0, 0.1) is 0 Å². The molecule has 0 saturated heterocycles. The van der Waals surface area contributed by atoms with Gasteiger partial charge in [-0.2, -0.15) is 0 Å². The number of aryl methyl sites for hydroxylation is 1. The van der Waals surface area contributed by atoms with Crippen LogP contribution in [0.25, 0.3) is 0 Å². The molecule has 7 nitrogen and oxygen atoms in total. The molecule has 0 spiro atoms. The van der Waals surface area contributed by atoms with Crippen LogP contribution in [0.1, 0.15) is 41.6 Å². The highest BCUT2D eigenvalue weighted by Crippen LogP contribution is 2.09. The SMILES string of the molecule is NC(=O)c1ccc(NC(=S)NC(=O)CCCC(=O)OCCCc2ccccc2)cc1. The Balaban J connectivity index is 1.56. The Kier molecular flexibility index (Phi) is 9.47. The summed E-state index contributed by atoms with van der Waals surface area (Å²) in [6.45, 7) is 0.364. The molecular weight excluding hydrogens is 402 g/mol. The fraction of sp³-hybridized carbons (Fsp3) is 0.273. The van der Waals surface area contributed by atoms with Gasteiger partial charge in [-0.05, 0) is 61.3 Å². The number of nitrogens with two attached hydrogens (primary N) is 1. The van der Waals surface area contributed by atoms with Gasteiger partial charge in [0, 0.05) is 24.1 Å². The third kappa shape index (κ3) is 8.83. The summed E-state index contributed by atoms with van der Waals surface area (Å²) in [4.78, 5) is 34.7. The van der Waals surface area contributed by atoms with Gasteiger partial charge < -0.3 is 21.1 Å². The topological polar surface area (TPSA) is 111 Å². The number of carbonyl (C=O) groups excluding carboxylic acids is 3. The van der Waals surface area contributed by atoms with Crippen molar-refractivity contribution in [2.24, 2.45) is 5.73 Å². The Morgan fingerprint density at radius 2 is 1.63 bits per heavy atom. The van der Waals surface area contributed by atoms with Gasteiger partial charge in [0.1, 0.15) is 0 Å². The maximum Gasteiger partial charge on any atom is 0.305 e. The van der Waals surface area contributed by atoms with Gasteiger partial charge in [0.2, 0.25) is 11.8 Å². The summed E-state index contributed by atoms with van der Waals surface area (Å²) in [5.74, 6) is -1.13. The molecule has 0 radical (unpaired) electrons. The highest BCUT2D eigenvalue weighted by Gasteiger charge is 2.08. The van der Waals surface area contributed by atoms with Crippen molar-refractivity contribution < 1.29 is 19.1 Å². The van der Waals surface area contributed by atoms with Gasteiger partial charge in [0.05, 0.1) is 6.61 Å². The number of thiocarbonyl (C=S) groups is 1. The number of hydrogen-bond donors (Lipinski definition) is 3. The monoisotopic (exact) mass is 427 g/mol. The third-order valence-electron chi connectivity index (χ3n) is 4.18. The van der Waals surface area contributed by atoms with Crippen molar-refractivity contribution in [3.63, 3.8) is 0 Å². The molecular formula is C22H25N3O4S. The first-order chi connectivity index (χ1) is 14.4. The Bertz CT molecular complexity index is 870. The summed E-state index contributed by atoms with van der Waals surface area (Å²) in [5, 5.41) is 5.52. The molecule has 0 aliphatic rings. The molecule has 0 atom stereocenters. The molecule has 0 aliphatic heterocycles. The quantitative estimate of drug-likeness (QED) is 0.305. The first-order valence-electron chi connectivity index (χ1n) is 9.64. The van der Waals surface area contributed by atoms with E-state index in [1.54, 1.807) is 24.3 Å². The number of amides is 2. The van der Waals surface area contributed by atoms with E-state index in [9.17, 15) is 14.4 Å². The van der Waals surface area contributed by atoms with Crippen molar-refractivity contribution in [1.29, 1.82) is 0 Å². The van der Waals surface area contributed by atoms with Crippen LogP contribution < -0.4 is 16.4 Å². The third-order valence-corrected chi connectivity index (χ3v) is 4.38. The van der Waals surface area contributed by atoms with E-state index >= 15 is 0 Å². The molecule has 0 aliphatic carbocycles. The zero-order valence-corrected chi connectivity index (χ0v) is 17.4. The molecule has 0 unspecified atom stereocenters. The molecule has 4 N–H and O–H groups in total.